The van der Waals surface area contributed by atoms with Gasteiger partial charge in [0.2, 0.25) is 0 Å². The Labute approximate surface area is 61.9 Å². The molecule has 2 nitrogen and oxygen atoms in total. The SMILES string of the molecule is C[C@H]1C(O)CC[C@@H](C)C1O. The van der Waals surface area contributed by atoms with Crippen LogP contribution in [0.1, 0.15) is 26.7 Å². The van der Waals surface area contributed by atoms with Gasteiger partial charge in [-0.15, -0.1) is 0 Å². The third kappa shape index (κ3) is 1.32. The molecule has 0 aliphatic heterocycles. The van der Waals surface area contributed by atoms with E-state index >= 15 is 0 Å². The van der Waals surface area contributed by atoms with E-state index in [1.807, 2.05) is 13.8 Å². The van der Waals surface area contributed by atoms with Crippen molar-refractivity contribution >= 4 is 0 Å². The van der Waals surface area contributed by atoms with Crippen molar-refractivity contribution in [2.75, 3.05) is 0 Å². The van der Waals surface area contributed by atoms with Gasteiger partial charge in [0.15, 0.2) is 0 Å². The molecule has 1 aliphatic rings. The van der Waals surface area contributed by atoms with E-state index in [0.717, 1.165) is 12.8 Å². The van der Waals surface area contributed by atoms with Crippen LogP contribution in [0.4, 0.5) is 0 Å². The third-order valence-electron chi connectivity index (χ3n) is 2.65. The molecule has 1 saturated carbocycles. The summed E-state index contributed by atoms with van der Waals surface area (Å²) in [5.74, 6) is 0.419. The topological polar surface area (TPSA) is 40.5 Å². The highest BCUT2D eigenvalue weighted by Gasteiger charge is 2.31. The first kappa shape index (κ1) is 8.02. The summed E-state index contributed by atoms with van der Waals surface area (Å²) in [5.41, 5.74) is 0. The summed E-state index contributed by atoms with van der Waals surface area (Å²) in [4.78, 5) is 0. The lowest BCUT2D eigenvalue weighted by atomic mass is 9.79. The molecule has 0 aromatic rings. The summed E-state index contributed by atoms with van der Waals surface area (Å²) in [5, 5.41) is 18.8. The molecule has 0 aromatic carbocycles. The summed E-state index contributed by atoms with van der Waals surface area (Å²) in [6.07, 6.45) is 1.21. The summed E-state index contributed by atoms with van der Waals surface area (Å²) in [7, 11) is 0. The Kier molecular flexibility index (Phi) is 2.32. The van der Waals surface area contributed by atoms with Crippen LogP contribution in [0.2, 0.25) is 0 Å². The lowest BCUT2D eigenvalue weighted by Gasteiger charge is -2.34. The Morgan fingerprint density at radius 2 is 1.70 bits per heavy atom. The first-order valence-corrected chi connectivity index (χ1v) is 3.99. The van der Waals surface area contributed by atoms with Gasteiger partial charge in [0.05, 0.1) is 12.2 Å². The molecule has 1 fully saturated rings. The molecule has 2 N–H and O–H groups in total. The molecule has 60 valence electrons. The monoisotopic (exact) mass is 144 g/mol. The van der Waals surface area contributed by atoms with Crippen LogP contribution in [-0.4, -0.2) is 22.4 Å². The first-order chi connectivity index (χ1) is 4.63. The summed E-state index contributed by atoms with van der Waals surface area (Å²) in [6, 6.07) is 0. The van der Waals surface area contributed by atoms with Gasteiger partial charge in [-0.3, -0.25) is 0 Å². The molecule has 0 spiro atoms. The number of hydrogen-bond donors (Lipinski definition) is 2. The second-order valence-electron chi connectivity index (χ2n) is 3.47. The highest BCUT2D eigenvalue weighted by molar-refractivity contribution is 4.82. The van der Waals surface area contributed by atoms with Crippen molar-refractivity contribution in [2.24, 2.45) is 11.8 Å². The van der Waals surface area contributed by atoms with Crippen LogP contribution >= 0.6 is 0 Å². The van der Waals surface area contributed by atoms with Crippen molar-refractivity contribution in [1.29, 1.82) is 0 Å². The van der Waals surface area contributed by atoms with E-state index < -0.39 is 0 Å². The second-order valence-corrected chi connectivity index (χ2v) is 3.47. The molecular weight excluding hydrogens is 128 g/mol. The zero-order chi connectivity index (χ0) is 7.72. The standard InChI is InChI=1S/C8H16O2/c1-5-3-4-7(9)6(2)8(5)10/h5-10H,3-4H2,1-2H3/t5-,6+,7?,8?/m1/s1. The molecule has 0 saturated heterocycles. The second kappa shape index (κ2) is 2.89. The van der Waals surface area contributed by atoms with Gasteiger partial charge in [0.1, 0.15) is 0 Å². The third-order valence-corrected chi connectivity index (χ3v) is 2.65. The van der Waals surface area contributed by atoms with Gasteiger partial charge in [0.25, 0.3) is 0 Å². The largest absolute Gasteiger partial charge is 0.393 e. The summed E-state index contributed by atoms with van der Waals surface area (Å²) in [6.45, 7) is 3.94. The maximum Gasteiger partial charge on any atom is 0.0615 e. The van der Waals surface area contributed by atoms with Crippen molar-refractivity contribution in [3.63, 3.8) is 0 Å². The van der Waals surface area contributed by atoms with E-state index in [-0.39, 0.29) is 18.1 Å². The van der Waals surface area contributed by atoms with E-state index in [2.05, 4.69) is 0 Å². The van der Waals surface area contributed by atoms with E-state index in [1.165, 1.54) is 0 Å². The molecule has 2 unspecified atom stereocenters. The van der Waals surface area contributed by atoms with E-state index in [0.29, 0.717) is 5.92 Å². The van der Waals surface area contributed by atoms with Crippen LogP contribution in [0.15, 0.2) is 0 Å². The minimum Gasteiger partial charge on any atom is -0.393 e. The van der Waals surface area contributed by atoms with Gasteiger partial charge in [-0.05, 0) is 18.8 Å². The van der Waals surface area contributed by atoms with E-state index in [4.69, 9.17) is 0 Å². The molecule has 0 bridgehead atoms. The van der Waals surface area contributed by atoms with Gasteiger partial charge in [0, 0.05) is 5.92 Å². The average Bonchev–Trinajstić information content (AvgIpc) is 1.93. The van der Waals surface area contributed by atoms with Crippen molar-refractivity contribution in [3.8, 4) is 0 Å². The van der Waals surface area contributed by atoms with Gasteiger partial charge in [-0.2, -0.15) is 0 Å². The zero-order valence-electron chi connectivity index (χ0n) is 6.62. The maximum atomic E-state index is 9.46. The minimum absolute atomic E-state index is 0.0590. The van der Waals surface area contributed by atoms with Crippen molar-refractivity contribution in [3.05, 3.63) is 0 Å². The van der Waals surface area contributed by atoms with Gasteiger partial charge < -0.3 is 10.2 Å². The first-order valence-electron chi connectivity index (χ1n) is 3.99. The molecule has 4 atom stereocenters. The highest BCUT2D eigenvalue weighted by Crippen LogP contribution is 2.28. The van der Waals surface area contributed by atoms with Crippen LogP contribution in [0.25, 0.3) is 0 Å². The molecule has 0 heterocycles. The van der Waals surface area contributed by atoms with E-state index in [1.54, 1.807) is 0 Å². The zero-order valence-corrected chi connectivity index (χ0v) is 6.62. The smallest absolute Gasteiger partial charge is 0.0615 e. The fourth-order valence-electron chi connectivity index (χ4n) is 1.61. The Hall–Kier alpha value is -0.0800. The normalized spacial score (nSPS) is 49.2. The van der Waals surface area contributed by atoms with Crippen LogP contribution in [-0.2, 0) is 0 Å². The molecule has 2 heteroatoms. The van der Waals surface area contributed by atoms with Gasteiger partial charge >= 0.3 is 0 Å². The Bertz CT molecular complexity index is 99.8. The van der Waals surface area contributed by atoms with Gasteiger partial charge in [-0.25, -0.2) is 0 Å². The molecule has 1 rings (SSSR count). The predicted molar refractivity (Wildman–Crippen MR) is 39.6 cm³/mol. The molecule has 1 aliphatic carbocycles. The Morgan fingerprint density at radius 3 is 2.20 bits per heavy atom. The average molecular weight is 144 g/mol. The minimum atomic E-state index is -0.302. The number of hydrogen-bond acceptors (Lipinski definition) is 2. The highest BCUT2D eigenvalue weighted by atomic mass is 16.3. The molecule has 0 aromatic heterocycles. The molecule has 10 heavy (non-hydrogen) atoms. The maximum absolute atomic E-state index is 9.46. The van der Waals surface area contributed by atoms with Crippen LogP contribution in [0.5, 0.6) is 0 Å². The lowest BCUT2D eigenvalue weighted by Crippen LogP contribution is -2.39. The van der Waals surface area contributed by atoms with Crippen LogP contribution in [0.3, 0.4) is 0 Å². The van der Waals surface area contributed by atoms with Gasteiger partial charge in [-0.1, -0.05) is 13.8 Å². The van der Waals surface area contributed by atoms with Crippen LogP contribution < -0.4 is 0 Å². The fourth-order valence-corrected chi connectivity index (χ4v) is 1.61. The number of aliphatic hydroxyl groups excluding tert-OH is 2. The molecule has 0 amide bonds. The molecule has 0 radical (unpaired) electrons. The molecular formula is C8H16O2. The summed E-state index contributed by atoms with van der Waals surface area (Å²) < 4.78 is 0. The number of rotatable bonds is 0. The predicted octanol–water partition coefficient (Wildman–Crippen LogP) is 0.774. The fraction of sp³-hybridized carbons (Fsp3) is 1.00. The van der Waals surface area contributed by atoms with Crippen molar-refractivity contribution in [2.45, 2.75) is 38.9 Å². The van der Waals surface area contributed by atoms with Crippen molar-refractivity contribution < 1.29 is 10.2 Å². The lowest BCUT2D eigenvalue weighted by molar-refractivity contribution is -0.0439. The quantitative estimate of drug-likeness (QED) is 0.527. The summed E-state index contributed by atoms with van der Waals surface area (Å²) >= 11 is 0. The Morgan fingerprint density at radius 1 is 1.10 bits per heavy atom. The van der Waals surface area contributed by atoms with E-state index in [9.17, 15) is 10.2 Å². The van der Waals surface area contributed by atoms with Crippen LogP contribution in [0, 0.1) is 11.8 Å². The number of aliphatic hydroxyl groups is 2. The van der Waals surface area contributed by atoms with Crippen molar-refractivity contribution in [1.82, 2.24) is 0 Å². The Balaban J connectivity index is 2.52.